The first-order valence-electron chi connectivity index (χ1n) is 7.16. The normalized spacial score (nSPS) is 10.5. The number of ether oxygens (including phenoxy) is 2. The molecule has 0 radical (unpaired) electrons. The van der Waals surface area contributed by atoms with Crippen molar-refractivity contribution in [1.29, 1.82) is 0 Å². The fraction of sp³-hybridized carbons (Fsp3) is 0.438. The zero-order valence-corrected chi connectivity index (χ0v) is 13.1. The number of aromatic nitrogens is 2. The predicted molar refractivity (Wildman–Crippen MR) is 84.1 cm³/mol. The highest BCUT2D eigenvalue weighted by atomic mass is 16.5. The summed E-state index contributed by atoms with van der Waals surface area (Å²) in [5, 5.41) is 3.42. The largest absolute Gasteiger partial charge is 0.493 e. The van der Waals surface area contributed by atoms with Crippen LogP contribution in [0.25, 0.3) is 0 Å². The number of methoxy groups -OCH3 is 2. The number of imidazole rings is 1. The number of rotatable bonds is 7. The third kappa shape index (κ3) is 3.48. The number of hydrogen-bond donors (Lipinski definition) is 1. The molecule has 0 spiro atoms. The van der Waals surface area contributed by atoms with Crippen molar-refractivity contribution in [3.05, 3.63) is 35.9 Å². The first kappa shape index (κ1) is 15.2. The Morgan fingerprint density at radius 1 is 1.19 bits per heavy atom. The van der Waals surface area contributed by atoms with E-state index in [1.165, 1.54) is 0 Å². The molecule has 5 heteroatoms. The van der Waals surface area contributed by atoms with Crippen LogP contribution in [-0.4, -0.2) is 23.8 Å². The Morgan fingerprint density at radius 2 is 1.90 bits per heavy atom. The standard InChI is InChI=1S/C16H23N3O2/c1-5-7-19-8-6-17-16(19)11-18-13-10-15(21-4)14(20-3)9-12(13)2/h6,8-10,18H,5,7,11H2,1-4H3. The molecule has 5 nitrogen and oxygen atoms in total. The zero-order valence-electron chi connectivity index (χ0n) is 13.1. The summed E-state index contributed by atoms with van der Waals surface area (Å²) < 4.78 is 12.8. The Balaban J connectivity index is 2.14. The van der Waals surface area contributed by atoms with Gasteiger partial charge in [0.1, 0.15) is 5.82 Å². The molecule has 2 rings (SSSR count). The molecule has 0 aliphatic rings. The van der Waals surface area contributed by atoms with Crippen LogP contribution in [0.3, 0.4) is 0 Å². The second kappa shape index (κ2) is 7.02. The van der Waals surface area contributed by atoms with E-state index in [4.69, 9.17) is 9.47 Å². The molecule has 0 atom stereocenters. The smallest absolute Gasteiger partial charge is 0.162 e. The van der Waals surface area contributed by atoms with E-state index in [2.05, 4.69) is 21.8 Å². The summed E-state index contributed by atoms with van der Waals surface area (Å²) >= 11 is 0. The van der Waals surface area contributed by atoms with Crippen LogP contribution in [0.15, 0.2) is 24.5 Å². The lowest BCUT2D eigenvalue weighted by molar-refractivity contribution is 0.355. The molecule has 0 amide bonds. The second-order valence-corrected chi connectivity index (χ2v) is 4.91. The molecule has 0 unspecified atom stereocenters. The molecular formula is C16H23N3O2. The third-order valence-electron chi connectivity index (χ3n) is 3.43. The van der Waals surface area contributed by atoms with E-state index in [-0.39, 0.29) is 0 Å². The molecule has 2 aromatic rings. The van der Waals surface area contributed by atoms with E-state index in [9.17, 15) is 0 Å². The predicted octanol–water partition coefficient (Wildman–Crippen LogP) is 3.23. The Bertz CT molecular complexity index is 593. The van der Waals surface area contributed by atoms with Crippen molar-refractivity contribution in [3.8, 4) is 11.5 Å². The lowest BCUT2D eigenvalue weighted by Crippen LogP contribution is -2.09. The third-order valence-corrected chi connectivity index (χ3v) is 3.43. The van der Waals surface area contributed by atoms with Crippen molar-refractivity contribution in [1.82, 2.24) is 9.55 Å². The fourth-order valence-electron chi connectivity index (χ4n) is 2.30. The van der Waals surface area contributed by atoms with Gasteiger partial charge in [-0.05, 0) is 25.0 Å². The molecule has 21 heavy (non-hydrogen) atoms. The SMILES string of the molecule is CCCn1ccnc1CNc1cc(OC)c(OC)cc1C. The molecule has 0 saturated carbocycles. The van der Waals surface area contributed by atoms with Crippen LogP contribution in [0.2, 0.25) is 0 Å². The van der Waals surface area contributed by atoms with Gasteiger partial charge in [-0.15, -0.1) is 0 Å². The van der Waals surface area contributed by atoms with Crippen LogP contribution >= 0.6 is 0 Å². The summed E-state index contributed by atoms with van der Waals surface area (Å²) in [5.41, 5.74) is 2.14. The zero-order chi connectivity index (χ0) is 15.2. The summed E-state index contributed by atoms with van der Waals surface area (Å²) in [4.78, 5) is 4.40. The Hall–Kier alpha value is -2.17. The minimum absolute atomic E-state index is 0.684. The van der Waals surface area contributed by atoms with Gasteiger partial charge in [-0.2, -0.15) is 0 Å². The monoisotopic (exact) mass is 289 g/mol. The van der Waals surface area contributed by atoms with Gasteiger partial charge in [-0.1, -0.05) is 6.92 Å². The highest BCUT2D eigenvalue weighted by molar-refractivity contribution is 5.60. The first-order valence-corrected chi connectivity index (χ1v) is 7.16. The van der Waals surface area contributed by atoms with E-state index in [0.717, 1.165) is 41.5 Å². The summed E-state index contributed by atoms with van der Waals surface area (Å²) in [5.74, 6) is 2.50. The maximum Gasteiger partial charge on any atom is 0.162 e. The summed E-state index contributed by atoms with van der Waals surface area (Å²) in [6, 6.07) is 3.93. The Kier molecular flexibility index (Phi) is 5.09. The number of hydrogen-bond acceptors (Lipinski definition) is 4. The first-order chi connectivity index (χ1) is 10.2. The lowest BCUT2D eigenvalue weighted by Gasteiger charge is -2.14. The van der Waals surface area contributed by atoms with Gasteiger partial charge >= 0.3 is 0 Å². The van der Waals surface area contributed by atoms with Crippen LogP contribution in [-0.2, 0) is 13.1 Å². The van der Waals surface area contributed by atoms with Gasteiger partial charge in [-0.3, -0.25) is 0 Å². The molecule has 0 aliphatic carbocycles. The van der Waals surface area contributed by atoms with Crippen molar-refractivity contribution in [3.63, 3.8) is 0 Å². The van der Waals surface area contributed by atoms with E-state index in [1.54, 1.807) is 14.2 Å². The average molecular weight is 289 g/mol. The summed E-state index contributed by atoms with van der Waals surface area (Å²) in [6.45, 7) is 5.88. The van der Waals surface area contributed by atoms with Gasteiger partial charge in [-0.25, -0.2) is 4.98 Å². The molecule has 1 aromatic carbocycles. The van der Waals surface area contributed by atoms with E-state index in [0.29, 0.717) is 6.54 Å². The van der Waals surface area contributed by atoms with Gasteiger partial charge in [0.25, 0.3) is 0 Å². The van der Waals surface area contributed by atoms with E-state index >= 15 is 0 Å². The van der Waals surface area contributed by atoms with Crippen molar-refractivity contribution < 1.29 is 9.47 Å². The number of aryl methyl sites for hydroxylation is 2. The fourth-order valence-corrected chi connectivity index (χ4v) is 2.30. The number of benzene rings is 1. The van der Waals surface area contributed by atoms with Crippen molar-refractivity contribution in [2.45, 2.75) is 33.4 Å². The minimum Gasteiger partial charge on any atom is -0.493 e. The average Bonchev–Trinajstić information content (AvgIpc) is 2.93. The van der Waals surface area contributed by atoms with Crippen molar-refractivity contribution >= 4 is 5.69 Å². The molecule has 0 aliphatic heterocycles. The van der Waals surface area contributed by atoms with E-state index in [1.807, 2.05) is 31.5 Å². The molecule has 1 aromatic heterocycles. The molecular weight excluding hydrogens is 266 g/mol. The second-order valence-electron chi connectivity index (χ2n) is 4.91. The van der Waals surface area contributed by atoms with Crippen molar-refractivity contribution in [2.24, 2.45) is 0 Å². The van der Waals surface area contributed by atoms with Crippen LogP contribution in [0, 0.1) is 6.92 Å². The van der Waals surface area contributed by atoms with Crippen LogP contribution in [0.5, 0.6) is 11.5 Å². The number of nitrogens with zero attached hydrogens (tertiary/aromatic N) is 2. The van der Waals surface area contributed by atoms with Gasteiger partial charge in [0.2, 0.25) is 0 Å². The van der Waals surface area contributed by atoms with Crippen LogP contribution in [0.4, 0.5) is 5.69 Å². The maximum atomic E-state index is 5.35. The highest BCUT2D eigenvalue weighted by Crippen LogP contribution is 2.33. The Morgan fingerprint density at radius 3 is 2.57 bits per heavy atom. The molecule has 0 bridgehead atoms. The lowest BCUT2D eigenvalue weighted by atomic mass is 10.1. The quantitative estimate of drug-likeness (QED) is 0.850. The summed E-state index contributed by atoms with van der Waals surface area (Å²) in [6.07, 6.45) is 4.95. The number of nitrogens with one attached hydrogen (secondary N) is 1. The topological polar surface area (TPSA) is 48.3 Å². The van der Waals surface area contributed by atoms with Gasteiger partial charge in [0, 0.05) is 30.7 Å². The molecule has 1 N–H and O–H groups in total. The molecule has 1 heterocycles. The minimum atomic E-state index is 0.684. The molecule has 114 valence electrons. The van der Waals surface area contributed by atoms with E-state index < -0.39 is 0 Å². The van der Waals surface area contributed by atoms with Gasteiger partial charge < -0.3 is 19.4 Å². The Labute approximate surface area is 125 Å². The molecule has 0 saturated heterocycles. The van der Waals surface area contributed by atoms with Crippen LogP contribution < -0.4 is 14.8 Å². The maximum absolute atomic E-state index is 5.35. The van der Waals surface area contributed by atoms with Crippen LogP contribution in [0.1, 0.15) is 24.7 Å². The van der Waals surface area contributed by atoms with Crippen molar-refractivity contribution in [2.75, 3.05) is 19.5 Å². The number of anilines is 1. The molecule has 0 fully saturated rings. The highest BCUT2D eigenvalue weighted by Gasteiger charge is 2.09. The summed E-state index contributed by atoms with van der Waals surface area (Å²) in [7, 11) is 3.29. The van der Waals surface area contributed by atoms with Gasteiger partial charge in [0.05, 0.1) is 20.8 Å². The van der Waals surface area contributed by atoms with Gasteiger partial charge in [0.15, 0.2) is 11.5 Å².